The zero-order valence-corrected chi connectivity index (χ0v) is 11.2. The Bertz CT molecular complexity index is 504. The van der Waals surface area contributed by atoms with Crippen molar-refractivity contribution >= 4 is 11.6 Å². The molecule has 0 saturated carbocycles. The van der Waals surface area contributed by atoms with Crippen molar-refractivity contribution in [3.63, 3.8) is 0 Å². The molecular formula is C15H17NO2. The first-order valence-corrected chi connectivity index (χ1v) is 5.90. The molecule has 0 bridgehead atoms. The topological polar surface area (TPSA) is 57.9 Å². The molecule has 94 valence electrons. The van der Waals surface area contributed by atoms with E-state index in [0.717, 1.165) is 0 Å². The molecule has 0 saturated heterocycles. The van der Waals surface area contributed by atoms with Crippen LogP contribution in [0.5, 0.6) is 0 Å². The van der Waals surface area contributed by atoms with E-state index in [-0.39, 0.29) is 17.5 Å². The molecule has 0 N–H and O–H groups in total. The number of hydrogen-bond donors (Lipinski definition) is 0. The van der Waals surface area contributed by atoms with E-state index in [1.165, 1.54) is 0 Å². The summed E-state index contributed by atoms with van der Waals surface area (Å²) in [7, 11) is 0. The average molecular weight is 243 g/mol. The molecule has 0 radical (unpaired) electrons. The minimum atomic E-state index is -1.03. The summed E-state index contributed by atoms with van der Waals surface area (Å²) in [5, 5.41) is 8.70. The van der Waals surface area contributed by atoms with Gasteiger partial charge in [-0.2, -0.15) is 5.26 Å². The van der Waals surface area contributed by atoms with Gasteiger partial charge in [0.15, 0.2) is 5.78 Å². The largest absolute Gasteiger partial charge is 0.298 e. The zero-order chi connectivity index (χ0) is 13.9. The Balaban J connectivity index is 3.06. The lowest BCUT2D eigenvalue weighted by Crippen LogP contribution is -2.36. The van der Waals surface area contributed by atoms with E-state index in [0.29, 0.717) is 11.1 Å². The second-order valence-electron chi connectivity index (χ2n) is 5.16. The van der Waals surface area contributed by atoms with Gasteiger partial charge in [-0.25, -0.2) is 0 Å². The molecule has 0 fully saturated rings. The number of nitriles is 1. The van der Waals surface area contributed by atoms with Crippen LogP contribution in [0.25, 0.3) is 0 Å². The first kappa shape index (κ1) is 14.1. The van der Waals surface area contributed by atoms with Crippen molar-refractivity contribution in [2.24, 2.45) is 11.3 Å². The Labute approximate surface area is 107 Å². The van der Waals surface area contributed by atoms with Crippen molar-refractivity contribution in [3.05, 3.63) is 35.4 Å². The van der Waals surface area contributed by atoms with Gasteiger partial charge in [0.05, 0.1) is 17.0 Å². The van der Waals surface area contributed by atoms with E-state index in [9.17, 15) is 9.59 Å². The molecule has 0 aliphatic rings. The molecule has 1 rings (SSSR count). The van der Waals surface area contributed by atoms with Crippen LogP contribution in [-0.4, -0.2) is 11.6 Å². The van der Waals surface area contributed by atoms with Crippen LogP contribution in [0.4, 0.5) is 0 Å². The number of hydrogen-bond acceptors (Lipinski definition) is 3. The van der Waals surface area contributed by atoms with Gasteiger partial charge >= 0.3 is 0 Å². The summed E-state index contributed by atoms with van der Waals surface area (Å²) in [6.07, 6.45) is 0. The lowest BCUT2D eigenvalue weighted by Gasteiger charge is -2.23. The van der Waals surface area contributed by atoms with Gasteiger partial charge in [-0.3, -0.25) is 9.59 Å². The van der Waals surface area contributed by atoms with Crippen molar-refractivity contribution in [2.75, 3.05) is 0 Å². The average Bonchev–Trinajstić information content (AvgIpc) is 2.36. The van der Waals surface area contributed by atoms with Gasteiger partial charge in [-0.15, -0.1) is 0 Å². The molecule has 0 aliphatic carbocycles. The van der Waals surface area contributed by atoms with Crippen molar-refractivity contribution in [2.45, 2.75) is 27.7 Å². The number of Topliss-reactive ketones (excluding diaryl/α,β-unsaturated/α-hetero) is 2. The summed E-state index contributed by atoms with van der Waals surface area (Å²) in [5.41, 5.74) is -0.0602. The van der Waals surface area contributed by atoms with Crippen LogP contribution in [0.3, 0.4) is 0 Å². The standard InChI is InChI=1S/C15H17NO2/c1-10(2)13(17)15(3,4)14(18)12-7-5-11(9-16)6-8-12/h5-8,10H,1-4H3. The van der Waals surface area contributed by atoms with E-state index < -0.39 is 5.41 Å². The van der Waals surface area contributed by atoms with Crippen LogP contribution in [0.2, 0.25) is 0 Å². The van der Waals surface area contributed by atoms with Gasteiger partial charge in [0.2, 0.25) is 0 Å². The van der Waals surface area contributed by atoms with Crippen LogP contribution in [0, 0.1) is 22.7 Å². The maximum Gasteiger partial charge on any atom is 0.175 e. The minimum absolute atomic E-state index is 0.0724. The first-order valence-electron chi connectivity index (χ1n) is 5.90. The van der Waals surface area contributed by atoms with Gasteiger partial charge in [0, 0.05) is 11.5 Å². The number of rotatable bonds is 4. The van der Waals surface area contributed by atoms with Crippen LogP contribution >= 0.6 is 0 Å². The summed E-state index contributed by atoms with van der Waals surface area (Å²) in [6, 6.07) is 8.35. The van der Waals surface area contributed by atoms with E-state index >= 15 is 0 Å². The third kappa shape index (κ3) is 2.65. The number of benzene rings is 1. The van der Waals surface area contributed by atoms with Gasteiger partial charge in [0.25, 0.3) is 0 Å². The monoisotopic (exact) mass is 243 g/mol. The molecule has 0 unspecified atom stereocenters. The van der Waals surface area contributed by atoms with E-state index in [1.54, 1.807) is 52.0 Å². The van der Waals surface area contributed by atoms with E-state index in [4.69, 9.17) is 5.26 Å². The predicted molar refractivity (Wildman–Crippen MR) is 69.1 cm³/mol. The van der Waals surface area contributed by atoms with Gasteiger partial charge in [-0.1, -0.05) is 26.0 Å². The number of carbonyl (C=O) groups is 2. The van der Waals surface area contributed by atoms with Crippen LogP contribution < -0.4 is 0 Å². The summed E-state index contributed by atoms with van der Waals surface area (Å²) in [4.78, 5) is 24.3. The molecule has 0 spiro atoms. The fourth-order valence-corrected chi connectivity index (χ4v) is 1.89. The lowest BCUT2D eigenvalue weighted by molar-refractivity contribution is -0.127. The molecule has 3 heteroatoms. The molecule has 18 heavy (non-hydrogen) atoms. The minimum Gasteiger partial charge on any atom is -0.298 e. The maximum absolute atomic E-state index is 12.3. The highest BCUT2D eigenvalue weighted by molar-refractivity contribution is 6.14. The zero-order valence-electron chi connectivity index (χ0n) is 11.2. The molecule has 0 aliphatic heterocycles. The fraction of sp³-hybridized carbons (Fsp3) is 0.400. The quantitative estimate of drug-likeness (QED) is 0.603. The highest BCUT2D eigenvalue weighted by Gasteiger charge is 2.37. The number of ketones is 2. The van der Waals surface area contributed by atoms with E-state index in [2.05, 4.69) is 0 Å². The second-order valence-corrected chi connectivity index (χ2v) is 5.16. The second kappa shape index (κ2) is 5.14. The molecular weight excluding hydrogens is 226 g/mol. The van der Waals surface area contributed by atoms with E-state index in [1.807, 2.05) is 6.07 Å². The van der Waals surface area contributed by atoms with Crippen molar-refractivity contribution in [3.8, 4) is 6.07 Å². The van der Waals surface area contributed by atoms with Crippen molar-refractivity contribution in [1.82, 2.24) is 0 Å². The van der Waals surface area contributed by atoms with Crippen molar-refractivity contribution < 1.29 is 9.59 Å². The summed E-state index contributed by atoms with van der Waals surface area (Å²) >= 11 is 0. The first-order chi connectivity index (χ1) is 8.30. The number of nitrogens with zero attached hydrogens (tertiary/aromatic N) is 1. The van der Waals surface area contributed by atoms with Gasteiger partial charge in [0.1, 0.15) is 5.78 Å². The molecule has 0 aromatic heterocycles. The van der Waals surface area contributed by atoms with Crippen LogP contribution in [0.15, 0.2) is 24.3 Å². The number of carbonyl (C=O) groups excluding carboxylic acids is 2. The fourth-order valence-electron chi connectivity index (χ4n) is 1.89. The third-order valence-corrected chi connectivity index (χ3v) is 2.98. The smallest absolute Gasteiger partial charge is 0.175 e. The third-order valence-electron chi connectivity index (χ3n) is 2.98. The van der Waals surface area contributed by atoms with Crippen molar-refractivity contribution in [1.29, 1.82) is 5.26 Å². The van der Waals surface area contributed by atoms with Gasteiger partial charge < -0.3 is 0 Å². The Morgan fingerprint density at radius 1 is 1.17 bits per heavy atom. The molecule has 3 nitrogen and oxygen atoms in total. The maximum atomic E-state index is 12.3. The normalized spacial score (nSPS) is 11.1. The summed E-state index contributed by atoms with van der Waals surface area (Å²) in [5.74, 6) is -0.454. The SMILES string of the molecule is CC(C)C(=O)C(C)(C)C(=O)c1ccc(C#N)cc1. The predicted octanol–water partition coefficient (Wildman–Crippen LogP) is 2.99. The Morgan fingerprint density at radius 2 is 1.67 bits per heavy atom. The summed E-state index contributed by atoms with van der Waals surface area (Å²) in [6.45, 7) is 6.87. The Hall–Kier alpha value is -1.95. The molecule has 0 amide bonds. The Morgan fingerprint density at radius 3 is 2.06 bits per heavy atom. The molecule has 1 aromatic rings. The van der Waals surface area contributed by atoms with Gasteiger partial charge in [-0.05, 0) is 26.0 Å². The molecule has 0 atom stereocenters. The highest BCUT2D eigenvalue weighted by atomic mass is 16.2. The lowest BCUT2D eigenvalue weighted by atomic mass is 9.76. The van der Waals surface area contributed by atoms with Crippen LogP contribution in [-0.2, 0) is 4.79 Å². The molecule has 0 heterocycles. The Kier molecular flexibility index (Phi) is 4.03. The molecule has 1 aromatic carbocycles. The van der Waals surface area contributed by atoms with Crippen LogP contribution in [0.1, 0.15) is 43.6 Å². The summed E-state index contributed by atoms with van der Waals surface area (Å²) < 4.78 is 0. The highest BCUT2D eigenvalue weighted by Crippen LogP contribution is 2.26.